The molecule has 0 aliphatic heterocycles. The number of para-hydroxylation sites is 2. The highest BCUT2D eigenvalue weighted by Crippen LogP contribution is 2.35. The molecule has 0 bridgehead atoms. The van der Waals surface area contributed by atoms with Crippen LogP contribution < -0.4 is 10.3 Å². The highest BCUT2D eigenvalue weighted by atomic mass is 16.2. The number of rotatable bonds is 6. The number of hydrogen-bond acceptors (Lipinski definition) is 3. The van der Waals surface area contributed by atoms with Crippen LogP contribution in [0.3, 0.4) is 0 Å². The summed E-state index contributed by atoms with van der Waals surface area (Å²) in [5.41, 5.74) is 6.94. The molecule has 1 aliphatic carbocycles. The monoisotopic (exact) mass is 413 g/mol. The van der Waals surface area contributed by atoms with Gasteiger partial charge in [0.1, 0.15) is 6.29 Å². The molecule has 4 rings (SSSR count). The number of urea groups is 1. The second-order valence-electron chi connectivity index (χ2n) is 7.96. The van der Waals surface area contributed by atoms with Crippen LogP contribution in [0, 0.1) is 5.92 Å². The number of fused-ring (bicyclic) bond motifs is 1. The van der Waals surface area contributed by atoms with Crippen LogP contribution in [-0.2, 0) is 11.2 Å². The smallest absolute Gasteiger partial charge is 0.303 e. The van der Waals surface area contributed by atoms with Crippen molar-refractivity contribution in [1.82, 2.24) is 10.4 Å². The van der Waals surface area contributed by atoms with E-state index < -0.39 is 0 Å². The van der Waals surface area contributed by atoms with Crippen molar-refractivity contribution in [3.8, 4) is 0 Å². The van der Waals surface area contributed by atoms with E-state index >= 15 is 0 Å². The van der Waals surface area contributed by atoms with Gasteiger partial charge in [-0.3, -0.25) is 10.3 Å². The average Bonchev–Trinajstić information content (AvgIpc) is 2.80. The molecule has 5 heteroatoms. The zero-order valence-electron chi connectivity index (χ0n) is 17.6. The van der Waals surface area contributed by atoms with Gasteiger partial charge in [0, 0.05) is 19.5 Å². The van der Waals surface area contributed by atoms with Crippen LogP contribution in [0.5, 0.6) is 0 Å². The SMILES string of the molecule is CN(CC1CCc2ccccc2C1C=O)NC(=O)N(c1ccccc1)c1ccccc1. The first-order valence-electron chi connectivity index (χ1n) is 10.6. The molecule has 0 radical (unpaired) electrons. The molecule has 0 saturated carbocycles. The van der Waals surface area contributed by atoms with Gasteiger partial charge < -0.3 is 4.79 Å². The van der Waals surface area contributed by atoms with E-state index in [1.165, 1.54) is 5.56 Å². The van der Waals surface area contributed by atoms with E-state index in [1.807, 2.05) is 85.9 Å². The molecule has 1 aliphatic rings. The van der Waals surface area contributed by atoms with Crippen molar-refractivity contribution in [2.45, 2.75) is 18.8 Å². The van der Waals surface area contributed by atoms with Crippen LogP contribution in [0.1, 0.15) is 23.5 Å². The van der Waals surface area contributed by atoms with Crippen LogP contribution in [-0.4, -0.2) is 30.9 Å². The van der Waals surface area contributed by atoms with Gasteiger partial charge in [-0.25, -0.2) is 9.80 Å². The van der Waals surface area contributed by atoms with E-state index in [9.17, 15) is 9.59 Å². The fourth-order valence-corrected chi connectivity index (χ4v) is 4.40. The number of hydrazine groups is 1. The summed E-state index contributed by atoms with van der Waals surface area (Å²) >= 11 is 0. The number of hydrogen-bond donors (Lipinski definition) is 1. The molecule has 0 spiro atoms. The van der Waals surface area contributed by atoms with Gasteiger partial charge in [-0.15, -0.1) is 0 Å². The molecule has 2 amide bonds. The van der Waals surface area contributed by atoms with E-state index in [1.54, 1.807) is 9.91 Å². The first-order chi connectivity index (χ1) is 15.2. The minimum absolute atomic E-state index is 0.149. The number of aldehydes is 1. The molecule has 5 nitrogen and oxygen atoms in total. The normalized spacial score (nSPS) is 17.6. The molecule has 158 valence electrons. The van der Waals surface area contributed by atoms with Gasteiger partial charge in [0.15, 0.2) is 0 Å². The van der Waals surface area contributed by atoms with Crippen molar-refractivity contribution in [1.29, 1.82) is 0 Å². The minimum atomic E-state index is -0.237. The van der Waals surface area contributed by atoms with Gasteiger partial charge in [0.2, 0.25) is 0 Å². The van der Waals surface area contributed by atoms with E-state index in [0.717, 1.165) is 36.1 Å². The summed E-state index contributed by atoms with van der Waals surface area (Å²) in [6.45, 7) is 0.598. The maximum atomic E-state index is 13.2. The lowest BCUT2D eigenvalue weighted by Gasteiger charge is -2.34. The van der Waals surface area contributed by atoms with Crippen molar-refractivity contribution in [3.63, 3.8) is 0 Å². The topological polar surface area (TPSA) is 52.7 Å². The number of aryl methyl sites for hydroxylation is 1. The maximum absolute atomic E-state index is 13.2. The lowest BCUT2D eigenvalue weighted by molar-refractivity contribution is -0.110. The van der Waals surface area contributed by atoms with Gasteiger partial charge in [-0.05, 0) is 54.2 Å². The highest BCUT2D eigenvalue weighted by Gasteiger charge is 2.30. The van der Waals surface area contributed by atoms with Crippen LogP contribution in [0.15, 0.2) is 84.9 Å². The molecule has 0 fully saturated rings. The van der Waals surface area contributed by atoms with Crippen molar-refractivity contribution in [2.75, 3.05) is 18.5 Å². The second-order valence-corrected chi connectivity index (χ2v) is 7.96. The summed E-state index contributed by atoms with van der Waals surface area (Å²) in [7, 11) is 1.86. The number of carbonyl (C=O) groups excluding carboxylic acids is 2. The number of carbonyl (C=O) groups is 2. The summed E-state index contributed by atoms with van der Waals surface area (Å²) in [6.07, 6.45) is 2.92. The first kappa shape index (κ1) is 20.8. The van der Waals surface area contributed by atoms with Crippen molar-refractivity contribution in [2.24, 2.45) is 5.92 Å². The molecule has 0 saturated heterocycles. The quantitative estimate of drug-likeness (QED) is 0.461. The average molecular weight is 414 g/mol. The van der Waals surface area contributed by atoms with Crippen molar-refractivity contribution < 1.29 is 9.59 Å². The molecular formula is C26H27N3O2. The maximum Gasteiger partial charge on any atom is 0.340 e. The van der Waals surface area contributed by atoms with Gasteiger partial charge in [0.25, 0.3) is 0 Å². The predicted molar refractivity (Wildman–Crippen MR) is 123 cm³/mol. The highest BCUT2D eigenvalue weighted by molar-refractivity contribution is 5.99. The zero-order chi connectivity index (χ0) is 21.6. The molecule has 1 N–H and O–H groups in total. The Morgan fingerprint density at radius 1 is 0.935 bits per heavy atom. The third-order valence-corrected chi connectivity index (χ3v) is 5.88. The lowest BCUT2D eigenvalue weighted by atomic mass is 9.76. The molecule has 2 atom stereocenters. The van der Waals surface area contributed by atoms with E-state index in [2.05, 4.69) is 11.5 Å². The van der Waals surface area contributed by atoms with E-state index in [4.69, 9.17) is 0 Å². The van der Waals surface area contributed by atoms with Crippen LogP contribution in [0.4, 0.5) is 16.2 Å². The van der Waals surface area contributed by atoms with Crippen LogP contribution >= 0.6 is 0 Å². The third-order valence-electron chi connectivity index (χ3n) is 5.88. The largest absolute Gasteiger partial charge is 0.340 e. The number of nitrogens with one attached hydrogen (secondary N) is 1. The summed E-state index contributed by atoms with van der Waals surface area (Å²) in [6, 6.07) is 27.1. The van der Waals surface area contributed by atoms with Crippen molar-refractivity contribution in [3.05, 3.63) is 96.1 Å². The molecule has 0 heterocycles. The van der Waals surface area contributed by atoms with Crippen molar-refractivity contribution >= 4 is 23.7 Å². The van der Waals surface area contributed by atoms with Gasteiger partial charge >= 0.3 is 6.03 Å². The number of anilines is 2. The predicted octanol–water partition coefficient (Wildman–Crippen LogP) is 4.93. The number of amides is 2. The Hall–Kier alpha value is -3.44. The Morgan fingerprint density at radius 2 is 1.52 bits per heavy atom. The second kappa shape index (κ2) is 9.58. The Kier molecular flexibility index (Phi) is 6.43. The molecular weight excluding hydrogens is 386 g/mol. The fourth-order valence-electron chi connectivity index (χ4n) is 4.40. The van der Waals surface area contributed by atoms with E-state index in [0.29, 0.717) is 6.54 Å². The Morgan fingerprint density at radius 3 is 2.13 bits per heavy atom. The van der Waals surface area contributed by atoms with Gasteiger partial charge in [-0.2, -0.15) is 0 Å². The summed E-state index contributed by atoms with van der Waals surface area (Å²) < 4.78 is 0. The van der Waals surface area contributed by atoms with Crippen LogP contribution in [0.2, 0.25) is 0 Å². The zero-order valence-corrected chi connectivity index (χ0v) is 17.6. The molecule has 31 heavy (non-hydrogen) atoms. The Balaban J connectivity index is 1.49. The molecule has 3 aromatic carbocycles. The molecule has 2 unspecified atom stereocenters. The first-order valence-corrected chi connectivity index (χ1v) is 10.6. The summed E-state index contributed by atoms with van der Waals surface area (Å²) in [4.78, 5) is 26.8. The van der Waals surface area contributed by atoms with Gasteiger partial charge in [-0.1, -0.05) is 60.7 Å². The number of nitrogens with zero attached hydrogens (tertiary/aromatic N) is 2. The standard InChI is InChI=1S/C26H27N3O2/c1-28(18-21-17-16-20-10-8-9-15-24(20)25(21)19-30)27-26(31)29(22-11-4-2-5-12-22)23-13-6-3-7-14-23/h2-15,19,21,25H,16-18H2,1H3,(H,27,31). The Bertz CT molecular complexity index is 984. The molecule has 3 aromatic rings. The lowest BCUT2D eigenvalue weighted by Crippen LogP contribution is -2.48. The van der Waals surface area contributed by atoms with E-state index in [-0.39, 0.29) is 17.9 Å². The summed E-state index contributed by atoms with van der Waals surface area (Å²) in [5, 5.41) is 1.80. The molecule has 0 aromatic heterocycles. The Labute approximate surface area is 183 Å². The summed E-state index contributed by atoms with van der Waals surface area (Å²) in [5.74, 6) is 0.00301. The van der Waals surface area contributed by atoms with Gasteiger partial charge in [0.05, 0.1) is 11.4 Å². The minimum Gasteiger partial charge on any atom is -0.303 e. The van der Waals surface area contributed by atoms with Crippen LogP contribution in [0.25, 0.3) is 0 Å². The number of benzene rings is 3. The fraction of sp³-hybridized carbons (Fsp3) is 0.231. The third kappa shape index (κ3) is 4.67.